The van der Waals surface area contributed by atoms with E-state index in [0.717, 1.165) is 0 Å². The third-order valence-corrected chi connectivity index (χ3v) is 4.73. The Kier molecular flexibility index (Phi) is 8.75. The van der Waals surface area contributed by atoms with Crippen molar-refractivity contribution < 1.29 is 39.6 Å². The summed E-state index contributed by atoms with van der Waals surface area (Å²) in [5.74, 6) is -4.50. The van der Waals surface area contributed by atoms with Gasteiger partial charge in [-0.15, -0.1) is 0 Å². The fraction of sp³-hybridized carbons (Fsp3) is 0.273. The van der Waals surface area contributed by atoms with Crippen LogP contribution in [0.5, 0.6) is 11.5 Å². The van der Waals surface area contributed by atoms with Crippen molar-refractivity contribution in [3.63, 3.8) is 0 Å². The van der Waals surface area contributed by atoms with Gasteiger partial charge in [-0.05, 0) is 41.8 Å². The van der Waals surface area contributed by atoms with E-state index in [1.165, 1.54) is 36.4 Å². The molecule has 0 fully saturated rings. The van der Waals surface area contributed by atoms with Gasteiger partial charge < -0.3 is 36.8 Å². The van der Waals surface area contributed by atoms with Crippen LogP contribution in [-0.4, -0.2) is 62.3 Å². The maximum atomic E-state index is 12.6. The Morgan fingerprint density at radius 3 is 1.64 bits per heavy atom. The molecule has 2 rings (SSSR count). The van der Waals surface area contributed by atoms with Gasteiger partial charge in [-0.25, -0.2) is 4.79 Å². The molecular formula is C22H25N3O8. The minimum Gasteiger partial charge on any atom is -0.508 e. The number of benzene rings is 2. The van der Waals surface area contributed by atoms with Gasteiger partial charge in [0, 0.05) is 6.42 Å². The van der Waals surface area contributed by atoms with Gasteiger partial charge in [-0.2, -0.15) is 0 Å². The van der Waals surface area contributed by atoms with Gasteiger partial charge in [0.15, 0.2) is 0 Å². The van der Waals surface area contributed by atoms with Crippen LogP contribution in [-0.2, 0) is 32.0 Å². The molecule has 0 saturated carbocycles. The molecule has 0 unspecified atom stereocenters. The fourth-order valence-electron chi connectivity index (χ4n) is 2.98. The second-order valence-corrected chi connectivity index (χ2v) is 7.41. The molecule has 8 N–H and O–H groups in total. The van der Waals surface area contributed by atoms with Crippen molar-refractivity contribution in [1.29, 1.82) is 0 Å². The Bertz CT molecular complexity index is 992. The van der Waals surface area contributed by atoms with E-state index in [9.17, 15) is 34.5 Å². The Balaban J connectivity index is 2.06. The summed E-state index contributed by atoms with van der Waals surface area (Å²) in [7, 11) is 0. The largest absolute Gasteiger partial charge is 0.508 e. The quantitative estimate of drug-likeness (QED) is 0.236. The van der Waals surface area contributed by atoms with E-state index in [1.807, 2.05) is 0 Å². The third kappa shape index (κ3) is 8.15. The van der Waals surface area contributed by atoms with E-state index in [0.29, 0.717) is 11.1 Å². The summed E-state index contributed by atoms with van der Waals surface area (Å²) in [6.07, 6.45) is -0.851. The van der Waals surface area contributed by atoms with Gasteiger partial charge in [0.25, 0.3) is 0 Å². The number of carboxylic acid groups (broad SMARTS) is 2. The van der Waals surface area contributed by atoms with E-state index in [2.05, 4.69) is 10.6 Å². The molecular weight excluding hydrogens is 434 g/mol. The number of amides is 2. The standard InChI is InChI=1S/C22H25N3O8/c23-16(9-12-1-5-14(26)6-2-12)20(30)24-17(11-19(28)29)21(31)25-18(22(32)33)10-13-3-7-15(27)8-4-13/h1-8,16-18,26-27H,9-11,23H2,(H,24,30)(H,25,31)(H,28,29)(H,32,33)/t16-,17-,18-/m0/s1. The molecule has 0 aliphatic rings. The minimum absolute atomic E-state index is 0.0115. The number of carbonyl (C=O) groups is 4. The molecule has 2 aromatic carbocycles. The maximum absolute atomic E-state index is 12.6. The lowest BCUT2D eigenvalue weighted by Gasteiger charge is -2.22. The number of nitrogens with one attached hydrogen (secondary N) is 2. The van der Waals surface area contributed by atoms with Gasteiger partial charge in [0.1, 0.15) is 23.6 Å². The predicted molar refractivity (Wildman–Crippen MR) is 115 cm³/mol. The third-order valence-electron chi connectivity index (χ3n) is 4.73. The van der Waals surface area contributed by atoms with Crippen molar-refractivity contribution >= 4 is 23.8 Å². The first-order valence-corrected chi connectivity index (χ1v) is 9.92. The Morgan fingerprint density at radius 2 is 1.18 bits per heavy atom. The summed E-state index contributed by atoms with van der Waals surface area (Å²) in [5.41, 5.74) is 7.01. The Morgan fingerprint density at radius 1 is 0.727 bits per heavy atom. The highest BCUT2D eigenvalue weighted by Crippen LogP contribution is 2.13. The first-order valence-electron chi connectivity index (χ1n) is 9.92. The van der Waals surface area contributed by atoms with Crippen LogP contribution in [0.4, 0.5) is 0 Å². The summed E-state index contributed by atoms with van der Waals surface area (Å²) in [6.45, 7) is 0. The van der Waals surface area contributed by atoms with Crippen LogP contribution >= 0.6 is 0 Å². The molecule has 0 saturated heterocycles. The molecule has 0 bridgehead atoms. The second kappa shape index (κ2) is 11.5. The number of hydrogen-bond acceptors (Lipinski definition) is 7. The lowest BCUT2D eigenvalue weighted by molar-refractivity contribution is -0.143. The normalized spacial score (nSPS) is 13.4. The highest BCUT2D eigenvalue weighted by atomic mass is 16.4. The van der Waals surface area contributed by atoms with Gasteiger partial charge in [-0.1, -0.05) is 24.3 Å². The van der Waals surface area contributed by atoms with E-state index in [-0.39, 0.29) is 24.3 Å². The number of nitrogens with two attached hydrogens (primary N) is 1. The number of phenolic OH excluding ortho intramolecular Hbond substituents is 2. The van der Waals surface area contributed by atoms with Gasteiger partial charge in [0.2, 0.25) is 11.8 Å². The molecule has 0 spiro atoms. The Labute approximate surface area is 188 Å². The van der Waals surface area contributed by atoms with E-state index in [4.69, 9.17) is 10.8 Å². The number of hydrogen-bond donors (Lipinski definition) is 7. The first kappa shape index (κ1) is 25.1. The predicted octanol–water partition coefficient (Wildman–Crippen LogP) is -0.261. The van der Waals surface area contributed by atoms with Crippen molar-refractivity contribution in [2.45, 2.75) is 37.4 Å². The van der Waals surface area contributed by atoms with Gasteiger partial charge in [0.05, 0.1) is 12.5 Å². The number of aromatic hydroxyl groups is 2. The minimum atomic E-state index is -1.55. The molecule has 11 heteroatoms. The topological polar surface area (TPSA) is 199 Å². The fourth-order valence-corrected chi connectivity index (χ4v) is 2.98. The molecule has 3 atom stereocenters. The maximum Gasteiger partial charge on any atom is 0.326 e. The summed E-state index contributed by atoms with van der Waals surface area (Å²) in [6, 6.07) is 7.57. The van der Waals surface area contributed by atoms with Crippen molar-refractivity contribution in [3.8, 4) is 11.5 Å². The summed E-state index contributed by atoms with van der Waals surface area (Å²) < 4.78 is 0. The van der Waals surface area contributed by atoms with E-state index >= 15 is 0 Å². The van der Waals surface area contributed by atoms with Crippen LogP contribution in [0.3, 0.4) is 0 Å². The SMILES string of the molecule is N[C@@H](Cc1ccc(O)cc1)C(=O)N[C@@H](CC(=O)O)C(=O)N[C@@H](Cc1ccc(O)cc1)C(=O)O. The summed E-state index contributed by atoms with van der Waals surface area (Å²) in [5, 5.41) is 41.7. The van der Waals surface area contributed by atoms with Gasteiger partial charge >= 0.3 is 11.9 Å². The molecule has 2 amide bonds. The van der Waals surface area contributed by atoms with E-state index < -0.39 is 48.3 Å². The van der Waals surface area contributed by atoms with Crippen LogP contribution in [0.1, 0.15) is 17.5 Å². The first-order chi connectivity index (χ1) is 15.5. The van der Waals surface area contributed by atoms with Crippen LogP contribution in [0.15, 0.2) is 48.5 Å². The summed E-state index contributed by atoms with van der Waals surface area (Å²) >= 11 is 0. The molecule has 176 valence electrons. The number of carboxylic acids is 2. The highest BCUT2D eigenvalue weighted by molar-refractivity contribution is 5.94. The smallest absolute Gasteiger partial charge is 0.326 e. The Hall–Kier alpha value is -4.12. The number of carbonyl (C=O) groups excluding carboxylic acids is 2. The zero-order chi connectivity index (χ0) is 24.5. The molecule has 0 radical (unpaired) electrons. The van der Waals surface area contributed by atoms with Gasteiger partial charge in [-0.3, -0.25) is 14.4 Å². The zero-order valence-corrected chi connectivity index (χ0v) is 17.5. The number of rotatable bonds is 11. The van der Waals surface area contributed by atoms with Crippen LogP contribution in [0, 0.1) is 0 Å². The lowest BCUT2D eigenvalue weighted by atomic mass is 10.0. The highest BCUT2D eigenvalue weighted by Gasteiger charge is 2.29. The van der Waals surface area contributed by atoms with Crippen molar-refractivity contribution in [1.82, 2.24) is 10.6 Å². The zero-order valence-electron chi connectivity index (χ0n) is 17.5. The molecule has 33 heavy (non-hydrogen) atoms. The van der Waals surface area contributed by atoms with Crippen LogP contribution < -0.4 is 16.4 Å². The molecule has 0 aliphatic carbocycles. The monoisotopic (exact) mass is 459 g/mol. The van der Waals surface area contributed by atoms with Crippen LogP contribution in [0.2, 0.25) is 0 Å². The second-order valence-electron chi connectivity index (χ2n) is 7.41. The molecule has 0 aromatic heterocycles. The summed E-state index contributed by atoms with van der Waals surface area (Å²) in [4.78, 5) is 47.9. The van der Waals surface area contributed by atoms with Crippen molar-refractivity contribution in [3.05, 3.63) is 59.7 Å². The van der Waals surface area contributed by atoms with Crippen molar-refractivity contribution in [2.75, 3.05) is 0 Å². The molecule has 11 nitrogen and oxygen atoms in total. The van der Waals surface area contributed by atoms with Crippen molar-refractivity contribution in [2.24, 2.45) is 5.73 Å². The number of phenols is 2. The average Bonchev–Trinajstić information content (AvgIpc) is 2.75. The molecule has 2 aromatic rings. The number of aliphatic carboxylic acids is 2. The average molecular weight is 459 g/mol. The molecule has 0 heterocycles. The lowest BCUT2D eigenvalue weighted by Crippen LogP contribution is -2.55. The molecule has 0 aliphatic heterocycles. The van der Waals surface area contributed by atoms with E-state index in [1.54, 1.807) is 12.1 Å². The van der Waals surface area contributed by atoms with Crippen LogP contribution in [0.25, 0.3) is 0 Å².